The quantitative estimate of drug-likeness (QED) is 0.563. The second-order valence-electron chi connectivity index (χ2n) is 5.15. The summed E-state index contributed by atoms with van der Waals surface area (Å²) in [6.07, 6.45) is 3.69. The molecular formula is C18H14N4. The lowest BCUT2D eigenvalue weighted by Gasteiger charge is -2.05. The van der Waals surface area contributed by atoms with Gasteiger partial charge in [-0.1, -0.05) is 36.4 Å². The molecule has 0 fully saturated rings. The van der Waals surface area contributed by atoms with E-state index in [4.69, 9.17) is 5.10 Å². The van der Waals surface area contributed by atoms with Gasteiger partial charge in [0.15, 0.2) is 0 Å². The van der Waals surface area contributed by atoms with Gasteiger partial charge in [-0.05, 0) is 25.1 Å². The molecule has 0 N–H and O–H groups in total. The Hall–Kier alpha value is -3.01. The molecule has 0 aliphatic heterocycles. The molecule has 4 aromatic rings. The molecule has 0 amide bonds. The second kappa shape index (κ2) is 5.07. The maximum Gasteiger partial charge on any atom is 0.101 e. The van der Waals surface area contributed by atoms with Gasteiger partial charge in [-0.2, -0.15) is 15.3 Å². The average molecular weight is 286 g/mol. The lowest BCUT2D eigenvalue weighted by molar-refractivity contribution is 0.966. The molecule has 0 radical (unpaired) electrons. The van der Waals surface area contributed by atoms with Gasteiger partial charge in [0, 0.05) is 22.9 Å². The molecule has 0 saturated heterocycles. The molecule has 106 valence electrons. The van der Waals surface area contributed by atoms with Gasteiger partial charge in [-0.25, -0.2) is 4.52 Å². The molecular weight excluding hydrogens is 272 g/mol. The fourth-order valence-electron chi connectivity index (χ4n) is 2.73. The second-order valence-corrected chi connectivity index (χ2v) is 5.15. The Kier molecular flexibility index (Phi) is 2.93. The van der Waals surface area contributed by atoms with Crippen molar-refractivity contribution in [3.63, 3.8) is 0 Å². The van der Waals surface area contributed by atoms with E-state index < -0.39 is 0 Å². The first kappa shape index (κ1) is 12.7. The van der Waals surface area contributed by atoms with Crippen molar-refractivity contribution < 1.29 is 0 Å². The first-order valence-electron chi connectivity index (χ1n) is 7.16. The Balaban J connectivity index is 2.10. The number of benzene rings is 1. The summed E-state index contributed by atoms with van der Waals surface area (Å²) in [7, 11) is 0. The third-order valence-corrected chi connectivity index (χ3v) is 3.76. The van der Waals surface area contributed by atoms with Gasteiger partial charge in [0.2, 0.25) is 0 Å². The molecule has 0 unspecified atom stereocenters. The van der Waals surface area contributed by atoms with Crippen molar-refractivity contribution in [2.45, 2.75) is 6.92 Å². The smallest absolute Gasteiger partial charge is 0.101 e. The number of aryl methyl sites for hydroxylation is 1. The van der Waals surface area contributed by atoms with E-state index in [1.807, 2.05) is 54.0 Å². The van der Waals surface area contributed by atoms with E-state index in [9.17, 15) is 0 Å². The van der Waals surface area contributed by atoms with Gasteiger partial charge in [-0.15, -0.1) is 0 Å². The predicted molar refractivity (Wildman–Crippen MR) is 86.4 cm³/mol. The lowest BCUT2D eigenvalue weighted by Crippen LogP contribution is -1.91. The number of aromatic nitrogens is 4. The molecule has 0 atom stereocenters. The zero-order valence-corrected chi connectivity index (χ0v) is 12.1. The number of hydrogen-bond acceptors (Lipinski definition) is 3. The van der Waals surface area contributed by atoms with Crippen LogP contribution in [-0.4, -0.2) is 19.8 Å². The van der Waals surface area contributed by atoms with Crippen LogP contribution in [0.25, 0.3) is 27.9 Å². The zero-order chi connectivity index (χ0) is 14.9. The molecule has 1 aromatic carbocycles. The minimum Gasteiger partial charge on any atom is -0.240 e. The van der Waals surface area contributed by atoms with Crippen LogP contribution in [0.3, 0.4) is 0 Å². The third kappa shape index (κ3) is 1.97. The van der Waals surface area contributed by atoms with Crippen LogP contribution in [0.1, 0.15) is 5.69 Å². The topological polar surface area (TPSA) is 43.1 Å². The van der Waals surface area contributed by atoms with Crippen molar-refractivity contribution in [3.8, 4) is 22.4 Å². The van der Waals surface area contributed by atoms with Crippen LogP contribution < -0.4 is 0 Å². The van der Waals surface area contributed by atoms with E-state index in [0.717, 1.165) is 33.6 Å². The predicted octanol–water partition coefficient (Wildman–Crippen LogP) is 3.77. The van der Waals surface area contributed by atoms with Crippen molar-refractivity contribution in [2.24, 2.45) is 0 Å². The maximum atomic E-state index is 4.77. The molecule has 22 heavy (non-hydrogen) atoms. The summed E-state index contributed by atoms with van der Waals surface area (Å²) in [5.74, 6) is 0. The molecule has 0 aliphatic carbocycles. The zero-order valence-electron chi connectivity index (χ0n) is 12.1. The van der Waals surface area contributed by atoms with Crippen LogP contribution in [0.5, 0.6) is 0 Å². The fourth-order valence-corrected chi connectivity index (χ4v) is 2.73. The van der Waals surface area contributed by atoms with Crippen molar-refractivity contribution in [3.05, 3.63) is 72.7 Å². The summed E-state index contributed by atoms with van der Waals surface area (Å²) >= 11 is 0. The third-order valence-electron chi connectivity index (χ3n) is 3.76. The van der Waals surface area contributed by atoms with Crippen molar-refractivity contribution in [1.29, 1.82) is 0 Å². The van der Waals surface area contributed by atoms with Crippen LogP contribution in [-0.2, 0) is 0 Å². The van der Waals surface area contributed by atoms with Crippen molar-refractivity contribution >= 4 is 5.52 Å². The monoisotopic (exact) mass is 286 g/mol. The first-order chi connectivity index (χ1) is 10.8. The Labute approximate surface area is 128 Å². The van der Waals surface area contributed by atoms with E-state index in [1.54, 1.807) is 6.20 Å². The van der Waals surface area contributed by atoms with Gasteiger partial charge in [0.1, 0.15) is 5.69 Å². The standard InChI is InChI=1S/C18H14N4/c1-13-15(10-11-19-20-13)17-16-9-5-6-12-22(16)21-18(17)14-7-3-2-4-8-14/h2-12H,1H3. The van der Waals surface area contributed by atoms with Gasteiger partial charge in [0.25, 0.3) is 0 Å². The minimum absolute atomic E-state index is 0.901. The number of nitrogens with zero attached hydrogens (tertiary/aromatic N) is 4. The Morgan fingerprint density at radius 2 is 1.73 bits per heavy atom. The van der Waals surface area contributed by atoms with Gasteiger partial charge in [0.05, 0.1) is 17.4 Å². The summed E-state index contributed by atoms with van der Waals surface area (Å²) in [5, 5.41) is 12.9. The summed E-state index contributed by atoms with van der Waals surface area (Å²) in [4.78, 5) is 0. The number of fused-ring (bicyclic) bond motifs is 1. The molecule has 3 heterocycles. The van der Waals surface area contributed by atoms with Crippen LogP contribution in [0, 0.1) is 6.92 Å². The fraction of sp³-hybridized carbons (Fsp3) is 0.0556. The largest absolute Gasteiger partial charge is 0.240 e. The lowest BCUT2D eigenvalue weighted by atomic mass is 9.99. The highest BCUT2D eigenvalue weighted by atomic mass is 15.2. The molecule has 0 saturated carbocycles. The van der Waals surface area contributed by atoms with Gasteiger partial charge >= 0.3 is 0 Å². The number of hydrogen-bond donors (Lipinski definition) is 0. The Morgan fingerprint density at radius 3 is 2.55 bits per heavy atom. The van der Waals surface area contributed by atoms with Crippen LogP contribution in [0.4, 0.5) is 0 Å². The average Bonchev–Trinajstić information content (AvgIpc) is 2.95. The van der Waals surface area contributed by atoms with Crippen LogP contribution >= 0.6 is 0 Å². The van der Waals surface area contributed by atoms with Crippen molar-refractivity contribution in [1.82, 2.24) is 19.8 Å². The highest BCUT2D eigenvalue weighted by molar-refractivity contribution is 5.92. The first-order valence-corrected chi connectivity index (χ1v) is 7.16. The number of pyridine rings is 1. The van der Waals surface area contributed by atoms with Crippen LogP contribution in [0.15, 0.2) is 67.0 Å². The maximum absolute atomic E-state index is 4.77. The summed E-state index contributed by atoms with van der Waals surface area (Å²) in [6.45, 7) is 1.98. The van der Waals surface area contributed by atoms with E-state index in [1.165, 1.54) is 0 Å². The highest BCUT2D eigenvalue weighted by Gasteiger charge is 2.17. The highest BCUT2D eigenvalue weighted by Crippen LogP contribution is 2.35. The van der Waals surface area contributed by atoms with E-state index in [0.29, 0.717) is 0 Å². The summed E-state index contributed by atoms with van der Waals surface area (Å²) < 4.78 is 1.91. The summed E-state index contributed by atoms with van der Waals surface area (Å²) in [5.41, 5.74) is 6.19. The van der Waals surface area contributed by atoms with Crippen LogP contribution in [0.2, 0.25) is 0 Å². The normalized spacial score (nSPS) is 11.0. The molecule has 0 spiro atoms. The Morgan fingerprint density at radius 1 is 0.909 bits per heavy atom. The van der Waals surface area contributed by atoms with Gasteiger partial charge < -0.3 is 0 Å². The SMILES string of the molecule is Cc1nnccc1-c1c(-c2ccccc2)nn2ccccc12. The summed E-state index contributed by atoms with van der Waals surface area (Å²) in [6, 6.07) is 18.3. The number of rotatable bonds is 2. The Bertz CT molecular complexity index is 942. The van der Waals surface area contributed by atoms with E-state index in [2.05, 4.69) is 28.4 Å². The molecule has 0 aliphatic rings. The molecule has 4 heteroatoms. The molecule has 0 bridgehead atoms. The van der Waals surface area contributed by atoms with E-state index in [-0.39, 0.29) is 0 Å². The van der Waals surface area contributed by atoms with Crippen molar-refractivity contribution in [2.75, 3.05) is 0 Å². The minimum atomic E-state index is 0.901. The van der Waals surface area contributed by atoms with Gasteiger partial charge in [-0.3, -0.25) is 0 Å². The molecule has 4 rings (SSSR count). The molecule has 4 nitrogen and oxygen atoms in total. The molecule has 3 aromatic heterocycles. The van der Waals surface area contributed by atoms with E-state index >= 15 is 0 Å².